The summed E-state index contributed by atoms with van der Waals surface area (Å²) in [6.07, 6.45) is 7.61. The van der Waals surface area contributed by atoms with Crippen molar-refractivity contribution in [2.24, 2.45) is 0 Å². The normalized spacial score (nSPS) is 25.5. The van der Waals surface area contributed by atoms with Gasteiger partial charge in [0.25, 0.3) is 0 Å². The maximum absolute atomic E-state index is 2.76. The van der Waals surface area contributed by atoms with Crippen LogP contribution in [0.25, 0.3) is 0 Å². The third-order valence-corrected chi connectivity index (χ3v) is 5.37. The topological polar surface area (TPSA) is 6.48 Å². The van der Waals surface area contributed by atoms with Gasteiger partial charge in [0.05, 0.1) is 6.17 Å². The molecule has 0 aliphatic carbocycles. The summed E-state index contributed by atoms with van der Waals surface area (Å²) in [4.78, 5) is 0. The first kappa shape index (κ1) is 12.2. The molecule has 1 heterocycles. The van der Waals surface area contributed by atoms with E-state index < -0.39 is 0 Å². The van der Waals surface area contributed by atoms with E-state index in [1.807, 2.05) is 0 Å². The number of rotatable bonds is 7. The van der Waals surface area contributed by atoms with Gasteiger partial charge in [-0.15, -0.1) is 0 Å². The molecule has 0 atom stereocenters. The molecule has 0 saturated carbocycles. The molecular weight excluding hydrogens is 188 g/mol. The Morgan fingerprint density at radius 3 is 1.79 bits per heavy atom. The predicted molar refractivity (Wildman–Crippen MR) is 65.9 cm³/mol. The van der Waals surface area contributed by atoms with Crippen LogP contribution in [-0.4, -0.2) is 38.2 Å². The van der Waals surface area contributed by atoms with E-state index in [0.717, 1.165) is 6.17 Å². The van der Waals surface area contributed by atoms with Gasteiger partial charge in [0, 0.05) is 0 Å². The van der Waals surface area contributed by atoms with Gasteiger partial charge in [0.1, 0.15) is 0 Å². The van der Waals surface area contributed by atoms with Gasteiger partial charge in [-0.3, -0.25) is 0 Å². The van der Waals surface area contributed by atoms with Crippen LogP contribution in [0.5, 0.6) is 0 Å². The van der Waals surface area contributed by atoms with Crippen LogP contribution in [0, 0.1) is 0 Å². The Balaban J connectivity index is 2.18. The van der Waals surface area contributed by atoms with Crippen molar-refractivity contribution in [3.63, 3.8) is 0 Å². The second-order valence-electron chi connectivity index (χ2n) is 4.36. The predicted octanol–water partition coefficient (Wildman–Crippen LogP) is 1.94. The Kier molecular flexibility index (Phi) is 5.75. The van der Waals surface area contributed by atoms with Crippen molar-refractivity contribution in [1.29, 1.82) is 0 Å². The summed E-state index contributed by atoms with van der Waals surface area (Å²) in [6.45, 7) is 9.64. The van der Waals surface area contributed by atoms with Gasteiger partial charge in [-0.05, 0) is 32.4 Å². The second kappa shape index (κ2) is 6.59. The zero-order valence-corrected chi connectivity index (χ0v) is 11.5. The molecule has 1 saturated heterocycles. The van der Waals surface area contributed by atoms with Gasteiger partial charge >= 0.3 is 0 Å². The molecule has 0 bridgehead atoms. The first-order chi connectivity index (χ1) is 6.83. The van der Waals surface area contributed by atoms with Gasteiger partial charge < -0.3 is 9.13 Å². The van der Waals surface area contributed by atoms with E-state index in [4.69, 9.17) is 0 Å². The number of nitrogens with zero attached hydrogens (tertiary/aromatic N) is 2. The lowest BCUT2D eigenvalue weighted by atomic mass is 10.3. The van der Waals surface area contributed by atoms with Crippen molar-refractivity contribution >= 4 is 9.84 Å². The van der Waals surface area contributed by atoms with Gasteiger partial charge in [-0.1, -0.05) is 33.6 Å². The highest BCUT2D eigenvalue weighted by Crippen LogP contribution is 2.20. The summed E-state index contributed by atoms with van der Waals surface area (Å²) in [5.41, 5.74) is 0. The maximum atomic E-state index is 2.76. The average molecular weight is 214 g/mol. The van der Waals surface area contributed by atoms with Crippen LogP contribution in [0.4, 0.5) is 0 Å². The van der Waals surface area contributed by atoms with Crippen molar-refractivity contribution in [3.8, 4) is 0 Å². The van der Waals surface area contributed by atoms with Crippen molar-refractivity contribution < 1.29 is 0 Å². The van der Waals surface area contributed by atoms with Crippen molar-refractivity contribution in [2.45, 2.75) is 59.0 Å². The van der Waals surface area contributed by atoms with Crippen molar-refractivity contribution in [3.05, 3.63) is 0 Å². The summed E-state index contributed by atoms with van der Waals surface area (Å²) in [5.74, 6) is 0. The summed E-state index contributed by atoms with van der Waals surface area (Å²) in [5, 5.41) is 0. The summed E-state index contributed by atoms with van der Waals surface area (Å²) in [7, 11) is 0.000525. The fourth-order valence-corrected chi connectivity index (χ4v) is 4.48. The number of hydrogen-bond acceptors (Lipinski definition) is 2. The van der Waals surface area contributed by atoms with Crippen LogP contribution in [0.2, 0.25) is 0 Å². The van der Waals surface area contributed by atoms with Crippen LogP contribution in [0.15, 0.2) is 0 Å². The molecule has 0 radical (unpaired) electrons. The molecular formula is C11H26N2Si. The zero-order chi connectivity index (χ0) is 10.4. The highest BCUT2D eigenvalue weighted by Gasteiger charge is 2.33. The molecule has 3 heteroatoms. The molecule has 1 rings (SSSR count). The Bertz CT molecular complexity index is 138. The summed E-state index contributed by atoms with van der Waals surface area (Å²) in [6, 6.07) is 0. The van der Waals surface area contributed by atoms with Gasteiger partial charge in [-0.2, -0.15) is 0 Å². The molecule has 0 amide bonds. The Morgan fingerprint density at radius 2 is 1.43 bits per heavy atom. The highest BCUT2D eigenvalue weighted by molar-refractivity contribution is 6.32. The minimum Gasteiger partial charge on any atom is -0.302 e. The fourth-order valence-electron chi connectivity index (χ4n) is 2.23. The van der Waals surface area contributed by atoms with Crippen LogP contribution in [-0.2, 0) is 0 Å². The molecule has 1 aliphatic rings. The van der Waals surface area contributed by atoms with Crippen LogP contribution in [0.1, 0.15) is 52.9 Å². The van der Waals surface area contributed by atoms with E-state index in [2.05, 4.69) is 29.9 Å². The lowest BCUT2D eigenvalue weighted by molar-refractivity contribution is 0.0883. The first-order valence-corrected chi connectivity index (χ1v) is 7.58. The lowest BCUT2D eigenvalue weighted by Crippen LogP contribution is -2.66. The van der Waals surface area contributed by atoms with Gasteiger partial charge in [0.15, 0.2) is 9.84 Å². The van der Waals surface area contributed by atoms with Gasteiger partial charge in [0.2, 0.25) is 0 Å². The largest absolute Gasteiger partial charge is 0.302 e. The van der Waals surface area contributed by atoms with Crippen LogP contribution < -0.4 is 0 Å². The minimum atomic E-state index is 0.000525. The molecule has 1 fully saturated rings. The fraction of sp³-hybridized carbons (Fsp3) is 1.00. The van der Waals surface area contributed by atoms with Crippen LogP contribution in [0.3, 0.4) is 0 Å². The van der Waals surface area contributed by atoms with E-state index in [0.29, 0.717) is 0 Å². The molecule has 0 aromatic rings. The van der Waals surface area contributed by atoms with E-state index in [-0.39, 0.29) is 9.84 Å². The van der Waals surface area contributed by atoms with Gasteiger partial charge in [-0.25, -0.2) is 0 Å². The van der Waals surface area contributed by atoms with Crippen LogP contribution >= 0.6 is 0 Å². The molecule has 0 N–H and O–H groups in total. The zero-order valence-electron chi connectivity index (χ0n) is 10.1. The SMILES string of the molecule is CCCCN1[SiH2]N(CCCC)C1CC. The molecule has 14 heavy (non-hydrogen) atoms. The molecule has 2 nitrogen and oxygen atoms in total. The van der Waals surface area contributed by atoms with E-state index in [1.165, 1.54) is 45.2 Å². The Hall–Kier alpha value is 0.137. The average Bonchev–Trinajstić information content (AvgIpc) is 2.16. The Morgan fingerprint density at radius 1 is 0.929 bits per heavy atom. The summed E-state index contributed by atoms with van der Waals surface area (Å²) < 4.78 is 5.53. The maximum Gasteiger partial charge on any atom is 0.175 e. The molecule has 84 valence electrons. The van der Waals surface area contributed by atoms with E-state index in [9.17, 15) is 0 Å². The third kappa shape index (κ3) is 3.07. The standard InChI is InChI=1S/C11H26N2Si/c1-4-7-9-12-11(6-3)13(14-12)10-8-5-2/h11H,4-10,14H2,1-3H3. The first-order valence-electron chi connectivity index (χ1n) is 6.31. The smallest absolute Gasteiger partial charge is 0.175 e. The lowest BCUT2D eigenvalue weighted by Gasteiger charge is -2.51. The molecule has 1 aliphatic heterocycles. The minimum absolute atomic E-state index is 0.000525. The van der Waals surface area contributed by atoms with Crippen molar-refractivity contribution in [2.75, 3.05) is 13.1 Å². The molecule has 0 spiro atoms. The number of hydrogen-bond donors (Lipinski definition) is 0. The highest BCUT2D eigenvalue weighted by atomic mass is 28.2. The third-order valence-electron chi connectivity index (χ3n) is 3.17. The number of unbranched alkanes of at least 4 members (excludes halogenated alkanes) is 2. The van der Waals surface area contributed by atoms with E-state index in [1.54, 1.807) is 0 Å². The van der Waals surface area contributed by atoms with Crippen molar-refractivity contribution in [1.82, 2.24) is 9.13 Å². The quantitative estimate of drug-likeness (QED) is 0.598. The summed E-state index contributed by atoms with van der Waals surface area (Å²) >= 11 is 0. The monoisotopic (exact) mass is 214 g/mol. The molecule has 0 unspecified atom stereocenters. The molecule has 0 aromatic heterocycles. The molecule has 0 aromatic carbocycles. The van der Waals surface area contributed by atoms with E-state index >= 15 is 0 Å². The Labute approximate surface area is 91.6 Å². The second-order valence-corrected chi connectivity index (χ2v) is 6.27.